The minimum atomic E-state index is -0.339. The molecule has 4 bridgehead atoms. The molecular weight excluding hydrogens is 484 g/mol. The molecule has 38 heavy (non-hydrogen) atoms. The maximum Gasteiger partial charge on any atom is 0.352 e. The Balaban J connectivity index is 1.21. The van der Waals surface area contributed by atoms with E-state index in [0.717, 1.165) is 0 Å². The Labute approximate surface area is 212 Å². The summed E-state index contributed by atoms with van der Waals surface area (Å²) in [5.41, 5.74) is -0.802. The van der Waals surface area contributed by atoms with Crippen LogP contribution in [0.4, 0.5) is 0 Å². The summed E-state index contributed by atoms with van der Waals surface area (Å²) in [6, 6.07) is 17.2. The average Bonchev–Trinajstić information content (AvgIpc) is 3.34. The molecule has 9 aliphatic rings. The fourth-order valence-electron chi connectivity index (χ4n) is 11.3. The van der Waals surface area contributed by atoms with E-state index in [4.69, 9.17) is 0 Å². The molecule has 0 radical (unpaired) electrons. The molecule has 4 aliphatic heterocycles. The van der Waals surface area contributed by atoms with Crippen LogP contribution < -0.4 is 22.8 Å². The minimum Gasteiger partial charge on any atom is -0.245 e. The predicted molar refractivity (Wildman–Crippen MR) is 133 cm³/mol. The van der Waals surface area contributed by atoms with Crippen molar-refractivity contribution < 1.29 is 0 Å². The Morgan fingerprint density at radius 2 is 0.868 bits per heavy atom. The fourth-order valence-corrected chi connectivity index (χ4v) is 11.3. The number of para-hydroxylation sites is 2. The van der Waals surface area contributed by atoms with Crippen molar-refractivity contribution in [2.45, 2.75) is 24.2 Å². The molecule has 0 amide bonds. The van der Waals surface area contributed by atoms with Crippen molar-refractivity contribution in [3.63, 3.8) is 0 Å². The van der Waals surface area contributed by atoms with Gasteiger partial charge in [0, 0.05) is 10.8 Å². The molecule has 2 aromatic heterocycles. The lowest BCUT2D eigenvalue weighted by molar-refractivity contribution is -0.575. The molecule has 2 aromatic carbocycles. The van der Waals surface area contributed by atoms with Gasteiger partial charge in [-0.1, -0.05) is 48.6 Å². The molecule has 0 unspecified atom stereocenters. The Kier molecular flexibility index (Phi) is 2.56. The summed E-state index contributed by atoms with van der Waals surface area (Å²) in [4.78, 5) is 55.6. The zero-order valence-electron chi connectivity index (χ0n) is 19.9. The first-order valence-corrected chi connectivity index (χ1v) is 13.3. The molecule has 10 nitrogen and oxygen atoms in total. The third kappa shape index (κ3) is 1.33. The molecule has 0 N–H and O–H groups in total. The first-order valence-electron chi connectivity index (χ1n) is 13.3. The number of aromatic nitrogens is 6. The van der Waals surface area contributed by atoms with E-state index in [1.54, 1.807) is 43.0 Å². The SMILES string of the molecule is O=c1n(-c2ccccc2)c(=O)n2n1[C@H]1C=C[C@H]2[C@]23[C@@H]4[C@@H]5[C@@H]6[C@H]4[C@@]12[C@H]6n1c(=O)n(-c2ccccc2)c(=O)n1[C@H]53. The van der Waals surface area contributed by atoms with Gasteiger partial charge in [-0.25, -0.2) is 47.0 Å². The van der Waals surface area contributed by atoms with Gasteiger partial charge in [0.05, 0.1) is 35.5 Å². The van der Waals surface area contributed by atoms with Gasteiger partial charge in [-0.05, 0) is 47.9 Å². The lowest BCUT2D eigenvalue weighted by Crippen LogP contribution is -3.04. The second-order valence-electron chi connectivity index (χ2n) is 12.1. The summed E-state index contributed by atoms with van der Waals surface area (Å²) in [5, 5.41) is 0. The van der Waals surface area contributed by atoms with Gasteiger partial charge in [0.25, 0.3) is 0 Å². The molecule has 4 fully saturated rings. The van der Waals surface area contributed by atoms with Gasteiger partial charge < -0.3 is 0 Å². The van der Waals surface area contributed by atoms with Gasteiger partial charge >= 0.3 is 22.8 Å². The van der Waals surface area contributed by atoms with Crippen LogP contribution in [-0.2, 0) is 0 Å². The molecule has 4 saturated carbocycles. The van der Waals surface area contributed by atoms with Gasteiger partial charge in [0.2, 0.25) is 0 Å². The monoisotopic (exact) mass is 504 g/mol. The van der Waals surface area contributed by atoms with E-state index in [0.29, 0.717) is 35.0 Å². The molecule has 10 heteroatoms. The highest BCUT2D eigenvalue weighted by Gasteiger charge is 3.06. The summed E-state index contributed by atoms with van der Waals surface area (Å²) in [5.74, 6) is 1.57. The Morgan fingerprint density at radius 3 is 1.26 bits per heavy atom. The molecule has 186 valence electrons. The number of nitrogens with zero attached hydrogens (tertiary/aromatic N) is 6. The molecule has 5 aliphatic carbocycles. The van der Waals surface area contributed by atoms with Crippen molar-refractivity contribution in [1.82, 2.24) is 27.9 Å². The number of benzene rings is 2. The fraction of sp³-hybridized carbons (Fsp3) is 0.357. The van der Waals surface area contributed by atoms with Crippen molar-refractivity contribution in [1.29, 1.82) is 0 Å². The van der Waals surface area contributed by atoms with Crippen molar-refractivity contribution in [3.05, 3.63) is 115 Å². The van der Waals surface area contributed by atoms with Crippen LogP contribution in [0.3, 0.4) is 0 Å². The number of rotatable bonds is 2. The Bertz CT molecular complexity index is 1950. The van der Waals surface area contributed by atoms with E-state index >= 15 is 0 Å². The van der Waals surface area contributed by atoms with Gasteiger partial charge in [0.15, 0.2) is 0 Å². The Morgan fingerprint density at radius 1 is 0.500 bits per heavy atom. The maximum absolute atomic E-state index is 13.9. The van der Waals surface area contributed by atoms with Crippen LogP contribution in [-0.4, -0.2) is 27.9 Å². The number of allylic oxidation sites excluding steroid dienone is 2. The van der Waals surface area contributed by atoms with Crippen molar-refractivity contribution in [3.8, 4) is 11.4 Å². The van der Waals surface area contributed by atoms with Gasteiger partial charge in [-0.15, -0.1) is 0 Å². The van der Waals surface area contributed by atoms with Crippen LogP contribution in [0.1, 0.15) is 24.2 Å². The smallest absolute Gasteiger partial charge is 0.245 e. The maximum atomic E-state index is 13.9. The van der Waals surface area contributed by atoms with E-state index < -0.39 is 0 Å². The normalized spacial score (nSPS) is 41.7. The molecule has 2 spiro atoms. The zero-order chi connectivity index (χ0) is 25.0. The molecular formula is C28H20N6O4. The van der Waals surface area contributed by atoms with E-state index in [1.165, 1.54) is 9.13 Å². The van der Waals surface area contributed by atoms with Crippen molar-refractivity contribution >= 4 is 0 Å². The van der Waals surface area contributed by atoms with Crippen LogP contribution in [0, 0.1) is 34.5 Å². The summed E-state index contributed by atoms with van der Waals surface area (Å²) in [6.45, 7) is 0. The first kappa shape index (κ1) is 18.8. The molecule has 0 saturated heterocycles. The lowest BCUT2D eigenvalue weighted by Gasteiger charge is -3.03. The first-order chi connectivity index (χ1) is 18.6. The minimum absolute atomic E-state index is 0.147. The largest absolute Gasteiger partial charge is 0.352 e. The van der Waals surface area contributed by atoms with Gasteiger partial charge in [-0.3, -0.25) is 0 Å². The second-order valence-corrected chi connectivity index (χ2v) is 12.1. The van der Waals surface area contributed by atoms with Crippen LogP contribution in [0.25, 0.3) is 11.4 Å². The van der Waals surface area contributed by atoms with Crippen LogP contribution in [0.5, 0.6) is 0 Å². The topological polar surface area (TPSA) is 97.9 Å². The summed E-state index contributed by atoms with van der Waals surface area (Å²) in [6.07, 6.45) is 4.20. The zero-order valence-corrected chi connectivity index (χ0v) is 19.9. The highest BCUT2D eigenvalue weighted by molar-refractivity contribution is 5.55. The summed E-state index contributed by atoms with van der Waals surface area (Å²) in [7, 11) is 0. The van der Waals surface area contributed by atoms with Gasteiger partial charge in [-0.2, -0.15) is 0 Å². The van der Waals surface area contributed by atoms with Gasteiger partial charge in [0.1, 0.15) is 0 Å². The lowest BCUT2D eigenvalue weighted by atomic mass is 9.03. The number of hydrogen-bond donors (Lipinski definition) is 0. The van der Waals surface area contributed by atoms with Crippen molar-refractivity contribution in [2.24, 2.45) is 34.5 Å². The summed E-state index contributed by atoms with van der Waals surface area (Å²) < 4.78 is 9.38. The van der Waals surface area contributed by atoms with Crippen LogP contribution >= 0.6 is 0 Å². The van der Waals surface area contributed by atoms with Crippen molar-refractivity contribution in [2.75, 3.05) is 0 Å². The molecule has 4 aromatic rings. The second kappa shape index (κ2) is 5.16. The summed E-state index contributed by atoms with van der Waals surface area (Å²) >= 11 is 0. The molecule has 6 heterocycles. The van der Waals surface area contributed by atoms with E-state index in [9.17, 15) is 19.2 Å². The predicted octanol–water partition coefficient (Wildman–Crippen LogP) is 0.868. The third-order valence-electron chi connectivity index (χ3n) is 11.8. The molecule has 13 rings (SSSR count). The highest BCUT2D eigenvalue weighted by atomic mass is 16.2. The van der Waals surface area contributed by atoms with E-state index in [-0.39, 0.29) is 57.8 Å². The average molecular weight is 505 g/mol. The standard InChI is InChI=1S/C28H20N6O4/c35-23-29(13-7-3-1-4-8-13)24(36)32-16-12-11-15(31(23)32)27-19-17-18-20(19)28(16,27)22(18)34-26(38)30(14-9-5-2-6-10-14)25(37)33(34)21(17)27/h1-12,15-22H/t15-,16-,17-,18+,19+,20+,21+,22-,27+,28+/m0/s1. The highest BCUT2D eigenvalue weighted by Crippen LogP contribution is 3.06. The van der Waals surface area contributed by atoms with E-state index in [2.05, 4.69) is 12.2 Å². The third-order valence-corrected chi connectivity index (χ3v) is 11.8. The Hall–Kier alpha value is -4.34. The van der Waals surface area contributed by atoms with E-state index in [1.807, 2.05) is 36.4 Å². The number of hydrogen-bond acceptors (Lipinski definition) is 4. The molecule has 10 atom stereocenters. The van der Waals surface area contributed by atoms with Crippen LogP contribution in [0.2, 0.25) is 0 Å². The van der Waals surface area contributed by atoms with Crippen LogP contribution in [0.15, 0.2) is 92.0 Å². The quantitative estimate of drug-likeness (QED) is 0.379.